The van der Waals surface area contributed by atoms with Crippen LogP contribution in [0.5, 0.6) is 5.75 Å². The van der Waals surface area contributed by atoms with E-state index in [2.05, 4.69) is 5.32 Å². The van der Waals surface area contributed by atoms with Crippen molar-refractivity contribution >= 4 is 39.1 Å². The van der Waals surface area contributed by atoms with Crippen molar-refractivity contribution in [2.24, 2.45) is 0 Å². The third kappa shape index (κ3) is 9.02. The molecule has 0 aromatic heterocycles. The molecule has 8 nitrogen and oxygen atoms in total. The minimum absolute atomic E-state index is 0.0787. The molecule has 198 valence electrons. The lowest BCUT2D eigenvalue weighted by molar-refractivity contribution is -0.140. The fraction of sp³-hybridized carbons (Fsp3) is 0.462. The molecule has 0 aliphatic heterocycles. The molecule has 2 rings (SSSR count). The Morgan fingerprint density at radius 1 is 1.11 bits per heavy atom. The van der Waals surface area contributed by atoms with E-state index < -0.39 is 16.1 Å². The van der Waals surface area contributed by atoms with Gasteiger partial charge in [0.25, 0.3) is 0 Å². The Kier molecular flexibility index (Phi) is 11.5. The number of rotatable bonds is 14. The number of amides is 2. The number of nitrogens with one attached hydrogen (secondary N) is 1. The van der Waals surface area contributed by atoms with Crippen molar-refractivity contribution in [3.63, 3.8) is 0 Å². The number of hydrogen-bond donors (Lipinski definition) is 1. The number of methoxy groups -OCH3 is 1. The van der Waals surface area contributed by atoms with Gasteiger partial charge in [-0.2, -0.15) is 0 Å². The molecule has 10 heteroatoms. The highest BCUT2D eigenvalue weighted by atomic mass is 35.5. The highest BCUT2D eigenvalue weighted by molar-refractivity contribution is 7.92. The maximum Gasteiger partial charge on any atom is 0.242 e. The quantitative estimate of drug-likeness (QED) is 0.364. The molecule has 0 aliphatic rings. The van der Waals surface area contributed by atoms with Crippen LogP contribution in [0.25, 0.3) is 0 Å². The Balaban J connectivity index is 2.15. The average molecular weight is 538 g/mol. The number of benzene rings is 2. The maximum atomic E-state index is 13.3. The molecule has 0 spiro atoms. The van der Waals surface area contributed by atoms with E-state index in [0.717, 1.165) is 24.7 Å². The maximum absolute atomic E-state index is 13.3. The van der Waals surface area contributed by atoms with Gasteiger partial charge in [0.2, 0.25) is 21.8 Å². The van der Waals surface area contributed by atoms with E-state index in [9.17, 15) is 18.0 Å². The molecular weight excluding hydrogens is 502 g/mol. The van der Waals surface area contributed by atoms with Gasteiger partial charge in [-0.05, 0) is 55.7 Å². The smallest absolute Gasteiger partial charge is 0.242 e. The normalized spacial score (nSPS) is 12.0. The fourth-order valence-electron chi connectivity index (χ4n) is 3.68. The summed E-state index contributed by atoms with van der Waals surface area (Å²) in [6.45, 7) is 4.65. The van der Waals surface area contributed by atoms with Crippen LogP contribution in [0, 0.1) is 0 Å². The van der Waals surface area contributed by atoms with Gasteiger partial charge in [0.05, 0.1) is 19.1 Å². The standard InChI is InChI=1S/C26H36ClN3O5S/c1-5-6-16-28-26(32)20(2)29(19-21-12-14-24(35-3)15-13-21)25(31)11-8-17-30(36(4,33)34)23-10-7-9-22(27)18-23/h7,9-10,12-15,18,20H,5-6,8,11,16-17,19H2,1-4H3,(H,28,32)/t20-/m0/s1. The minimum Gasteiger partial charge on any atom is -0.497 e. The van der Waals surface area contributed by atoms with Crippen LogP contribution >= 0.6 is 11.6 Å². The van der Waals surface area contributed by atoms with Gasteiger partial charge in [-0.1, -0.05) is 43.1 Å². The Hall–Kier alpha value is -2.78. The van der Waals surface area contributed by atoms with E-state index in [0.29, 0.717) is 23.0 Å². The van der Waals surface area contributed by atoms with Gasteiger partial charge in [-0.25, -0.2) is 8.42 Å². The van der Waals surface area contributed by atoms with E-state index in [4.69, 9.17) is 16.3 Å². The lowest BCUT2D eigenvalue weighted by Crippen LogP contribution is -2.47. The van der Waals surface area contributed by atoms with Crippen LogP contribution in [0.4, 0.5) is 5.69 Å². The Bertz CT molecular complexity index is 1110. The highest BCUT2D eigenvalue weighted by Crippen LogP contribution is 2.23. The molecule has 2 aromatic carbocycles. The number of sulfonamides is 1. The minimum atomic E-state index is -3.58. The molecule has 1 atom stereocenters. The zero-order valence-electron chi connectivity index (χ0n) is 21.4. The Morgan fingerprint density at radius 3 is 2.39 bits per heavy atom. The van der Waals surface area contributed by atoms with Crippen molar-refractivity contribution in [2.45, 2.75) is 52.1 Å². The summed E-state index contributed by atoms with van der Waals surface area (Å²) in [4.78, 5) is 27.6. The molecule has 2 aromatic rings. The van der Waals surface area contributed by atoms with Gasteiger partial charge in [-0.15, -0.1) is 0 Å². The van der Waals surface area contributed by atoms with Gasteiger partial charge in [0.15, 0.2) is 0 Å². The molecule has 2 amide bonds. The van der Waals surface area contributed by atoms with Gasteiger partial charge in [0, 0.05) is 31.1 Å². The zero-order valence-corrected chi connectivity index (χ0v) is 22.9. The number of anilines is 1. The van der Waals surface area contributed by atoms with Crippen LogP contribution in [0.1, 0.15) is 45.1 Å². The first kappa shape index (κ1) is 29.5. The first-order chi connectivity index (χ1) is 17.1. The summed E-state index contributed by atoms with van der Waals surface area (Å²) in [5, 5.41) is 3.31. The zero-order chi connectivity index (χ0) is 26.7. The lowest BCUT2D eigenvalue weighted by Gasteiger charge is -2.29. The van der Waals surface area contributed by atoms with Gasteiger partial charge < -0.3 is 15.0 Å². The molecule has 36 heavy (non-hydrogen) atoms. The Labute approximate surface area is 219 Å². The second-order valence-corrected chi connectivity index (χ2v) is 11.0. The fourth-order valence-corrected chi connectivity index (χ4v) is 4.82. The van der Waals surface area contributed by atoms with Crippen molar-refractivity contribution in [1.29, 1.82) is 0 Å². The molecule has 0 aliphatic carbocycles. The number of carbonyl (C=O) groups is 2. The van der Waals surface area contributed by atoms with Gasteiger partial charge in [-0.3, -0.25) is 13.9 Å². The summed E-state index contributed by atoms with van der Waals surface area (Å²) in [6.07, 6.45) is 3.29. The topological polar surface area (TPSA) is 96.0 Å². The van der Waals surface area contributed by atoms with Crippen molar-refractivity contribution in [2.75, 3.05) is 30.8 Å². The second-order valence-electron chi connectivity index (χ2n) is 8.61. The lowest BCUT2D eigenvalue weighted by atomic mass is 10.1. The van der Waals surface area contributed by atoms with Crippen LogP contribution in [-0.4, -0.2) is 57.6 Å². The van der Waals surface area contributed by atoms with E-state index >= 15 is 0 Å². The van der Waals surface area contributed by atoms with E-state index in [-0.39, 0.29) is 37.7 Å². The van der Waals surface area contributed by atoms with Crippen molar-refractivity contribution in [3.8, 4) is 5.75 Å². The third-order valence-electron chi connectivity index (χ3n) is 5.76. The van der Waals surface area contributed by atoms with E-state index in [1.807, 2.05) is 19.1 Å². The molecule has 0 saturated heterocycles. The molecule has 0 unspecified atom stereocenters. The van der Waals surface area contributed by atoms with Crippen molar-refractivity contribution < 1.29 is 22.7 Å². The van der Waals surface area contributed by atoms with Crippen LogP contribution in [0.3, 0.4) is 0 Å². The molecule has 0 radical (unpaired) electrons. The number of carbonyl (C=O) groups excluding carboxylic acids is 2. The molecule has 0 saturated carbocycles. The van der Waals surface area contributed by atoms with Gasteiger partial charge in [0.1, 0.15) is 11.8 Å². The first-order valence-electron chi connectivity index (χ1n) is 12.0. The van der Waals surface area contributed by atoms with Crippen LogP contribution in [0.2, 0.25) is 5.02 Å². The molecule has 0 heterocycles. The monoisotopic (exact) mass is 537 g/mol. The second kappa shape index (κ2) is 14.1. The molecule has 0 bridgehead atoms. The Morgan fingerprint density at radius 2 is 1.81 bits per heavy atom. The summed E-state index contributed by atoms with van der Waals surface area (Å²) in [5.74, 6) is 0.245. The molecule has 1 N–H and O–H groups in total. The average Bonchev–Trinajstić information content (AvgIpc) is 2.84. The van der Waals surface area contributed by atoms with Crippen LogP contribution in [0.15, 0.2) is 48.5 Å². The summed E-state index contributed by atoms with van der Waals surface area (Å²) >= 11 is 6.04. The van der Waals surface area contributed by atoms with Crippen LogP contribution < -0.4 is 14.4 Å². The molecular formula is C26H36ClN3O5S. The summed E-state index contributed by atoms with van der Waals surface area (Å²) in [5.41, 5.74) is 1.30. The first-order valence-corrected chi connectivity index (χ1v) is 14.2. The number of ether oxygens (including phenoxy) is 1. The van der Waals surface area contributed by atoms with Crippen molar-refractivity contribution in [1.82, 2.24) is 10.2 Å². The number of nitrogens with zero attached hydrogens (tertiary/aromatic N) is 2. The predicted molar refractivity (Wildman–Crippen MR) is 144 cm³/mol. The highest BCUT2D eigenvalue weighted by Gasteiger charge is 2.26. The van der Waals surface area contributed by atoms with E-state index in [1.54, 1.807) is 50.4 Å². The van der Waals surface area contributed by atoms with Crippen LogP contribution in [-0.2, 0) is 26.2 Å². The number of hydrogen-bond acceptors (Lipinski definition) is 5. The van der Waals surface area contributed by atoms with E-state index in [1.165, 1.54) is 9.21 Å². The summed E-state index contributed by atoms with van der Waals surface area (Å²) in [7, 11) is -2.00. The number of unbranched alkanes of at least 4 members (excludes halogenated alkanes) is 1. The predicted octanol–water partition coefficient (Wildman–Crippen LogP) is 4.23. The third-order valence-corrected chi connectivity index (χ3v) is 7.19. The van der Waals surface area contributed by atoms with Crippen molar-refractivity contribution in [3.05, 3.63) is 59.1 Å². The summed E-state index contributed by atoms with van der Waals surface area (Å²) in [6, 6.07) is 13.2. The van der Waals surface area contributed by atoms with Gasteiger partial charge >= 0.3 is 0 Å². The summed E-state index contributed by atoms with van der Waals surface area (Å²) < 4.78 is 31.2. The molecule has 0 fully saturated rings. The number of halogens is 1. The largest absolute Gasteiger partial charge is 0.497 e. The SMILES string of the molecule is CCCCNC(=O)[C@H](C)N(Cc1ccc(OC)cc1)C(=O)CCCN(c1cccc(Cl)c1)S(C)(=O)=O.